The molecule has 0 radical (unpaired) electrons. The van der Waals surface area contributed by atoms with Crippen LogP contribution in [0.25, 0.3) is 0 Å². The van der Waals surface area contributed by atoms with Crippen LogP contribution in [0.15, 0.2) is 0 Å². The van der Waals surface area contributed by atoms with Gasteiger partial charge in [-0.1, -0.05) is 13.8 Å². The molecule has 0 heterocycles. The van der Waals surface area contributed by atoms with E-state index in [9.17, 15) is 0 Å². The maximum absolute atomic E-state index is 5.92. The van der Waals surface area contributed by atoms with E-state index < -0.39 is 0 Å². The third-order valence-corrected chi connectivity index (χ3v) is 3.47. The highest BCUT2D eigenvalue weighted by Crippen LogP contribution is 2.30. The molecular formula is C11H23ClN2. The molecule has 1 fully saturated rings. The maximum Gasteiger partial charge on any atom is 0.0342 e. The zero-order chi connectivity index (χ0) is 10.4. The average molecular weight is 219 g/mol. The lowest BCUT2D eigenvalue weighted by atomic mass is 9.85. The fraction of sp³-hybridized carbons (Fsp3) is 1.00. The lowest BCUT2D eigenvalue weighted by Gasteiger charge is -2.31. The first-order valence-corrected chi connectivity index (χ1v) is 6.27. The molecule has 0 aliphatic heterocycles. The third-order valence-electron chi connectivity index (χ3n) is 3.11. The second kappa shape index (κ2) is 6.65. The summed E-state index contributed by atoms with van der Waals surface area (Å²) in [4.78, 5) is 2.44. The minimum Gasteiger partial charge on any atom is -0.315 e. The molecule has 1 N–H and O–H groups in total. The Morgan fingerprint density at radius 3 is 2.43 bits per heavy atom. The van der Waals surface area contributed by atoms with Crippen molar-refractivity contribution in [2.75, 3.05) is 32.7 Å². The van der Waals surface area contributed by atoms with Crippen molar-refractivity contribution < 1.29 is 0 Å². The number of rotatable bonds is 7. The minimum absolute atomic E-state index is 0.463. The Morgan fingerprint density at radius 2 is 1.93 bits per heavy atom. The van der Waals surface area contributed by atoms with Crippen LogP contribution in [0.4, 0.5) is 0 Å². The maximum atomic E-state index is 5.92. The van der Waals surface area contributed by atoms with E-state index in [4.69, 9.17) is 11.6 Å². The molecule has 0 aromatic heterocycles. The molecule has 3 heteroatoms. The fourth-order valence-electron chi connectivity index (χ4n) is 1.90. The SMILES string of the molecule is CCN(CC)CCNCC1CC(Cl)C1. The summed E-state index contributed by atoms with van der Waals surface area (Å²) >= 11 is 5.92. The van der Waals surface area contributed by atoms with E-state index in [0.717, 1.165) is 32.1 Å². The van der Waals surface area contributed by atoms with Crippen molar-refractivity contribution in [3.63, 3.8) is 0 Å². The fourth-order valence-corrected chi connectivity index (χ4v) is 2.41. The molecular weight excluding hydrogens is 196 g/mol. The van der Waals surface area contributed by atoms with Crippen molar-refractivity contribution in [3.05, 3.63) is 0 Å². The number of halogens is 1. The lowest BCUT2D eigenvalue weighted by molar-refractivity contribution is 0.277. The molecule has 1 aliphatic carbocycles. The summed E-state index contributed by atoms with van der Waals surface area (Å²) in [6, 6.07) is 0. The van der Waals surface area contributed by atoms with Crippen LogP contribution in [0, 0.1) is 5.92 Å². The van der Waals surface area contributed by atoms with Gasteiger partial charge in [0.2, 0.25) is 0 Å². The summed E-state index contributed by atoms with van der Waals surface area (Å²) in [7, 11) is 0. The first-order chi connectivity index (χ1) is 6.76. The quantitative estimate of drug-likeness (QED) is 0.519. The predicted molar refractivity (Wildman–Crippen MR) is 63.0 cm³/mol. The van der Waals surface area contributed by atoms with E-state index in [2.05, 4.69) is 24.1 Å². The van der Waals surface area contributed by atoms with Gasteiger partial charge in [-0.3, -0.25) is 0 Å². The zero-order valence-corrected chi connectivity index (χ0v) is 10.2. The molecule has 0 aromatic rings. The summed E-state index contributed by atoms with van der Waals surface area (Å²) in [5, 5.41) is 3.97. The van der Waals surface area contributed by atoms with E-state index in [1.54, 1.807) is 0 Å². The Morgan fingerprint density at radius 1 is 1.29 bits per heavy atom. The second-order valence-electron chi connectivity index (χ2n) is 4.17. The van der Waals surface area contributed by atoms with Crippen LogP contribution in [-0.2, 0) is 0 Å². The normalized spacial score (nSPS) is 26.6. The molecule has 14 heavy (non-hydrogen) atoms. The van der Waals surface area contributed by atoms with E-state index in [-0.39, 0.29) is 0 Å². The van der Waals surface area contributed by atoms with Gasteiger partial charge < -0.3 is 10.2 Å². The van der Waals surface area contributed by atoms with Gasteiger partial charge in [0.1, 0.15) is 0 Å². The minimum atomic E-state index is 0.463. The third kappa shape index (κ3) is 4.16. The lowest BCUT2D eigenvalue weighted by Crippen LogP contribution is -2.37. The van der Waals surface area contributed by atoms with Crippen molar-refractivity contribution in [2.45, 2.75) is 32.1 Å². The largest absolute Gasteiger partial charge is 0.315 e. The monoisotopic (exact) mass is 218 g/mol. The van der Waals surface area contributed by atoms with Gasteiger partial charge in [0, 0.05) is 18.5 Å². The van der Waals surface area contributed by atoms with Gasteiger partial charge in [-0.25, -0.2) is 0 Å². The first-order valence-electron chi connectivity index (χ1n) is 5.83. The van der Waals surface area contributed by atoms with Gasteiger partial charge in [0.15, 0.2) is 0 Å². The van der Waals surface area contributed by atoms with Crippen molar-refractivity contribution in [2.24, 2.45) is 5.92 Å². The van der Waals surface area contributed by atoms with E-state index in [1.807, 2.05) is 0 Å². The Balaban J connectivity index is 1.89. The van der Waals surface area contributed by atoms with Crippen LogP contribution >= 0.6 is 11.6 Å². The van der Waals surface area contributed by atoms with Crippen LogP contribution in [0.1, 0.15) is 26.7 Å². The summed E-state index contributed by atoms with van der Waals surface area (Å²) in [5.74, 6) is 0.842. The first kappa shape index (κ1) is 12.3. The van der Waals surface area contributed by atoms with Crippen LogP contribution in [0.5, 0.6) is 0 Å². The predicted octanol–water partition coefficient (Wildman–Crippen LogP) is 1.94. The highest BCUT2D eigenvalue weighted by Gasteiger charge is 2.26. The van der Waals surface area contributed by atoms with Crippen molar-refractivity contribution >= 4 is 11.6 Å². The number of hydrogen-bond acceptors (Lipinski definition) is 2. The number of likely N-dealkylation sites (N-methyl/N-ethyl adjacent to an activating group) is 1. The summed E-state index contributed by atoms with van der Waals surface area (Å²) in [6.07, 6.45) is 2.42. The molecule has 0 spiro atoms. The van der Waals surface area contributed by atoms with Crippen LogP contribution in [-0.4, -0.2) is 43.0 Å². The van der Waals surface area contributed by atoms with Crippen LogP contribution in [0.2, 0.25) is 0 Å². The van der Waals surface area contributed by atoms with Gasteiger partial charge in [-0.05, 0) is 38.4 Å². The zero-order valence-electron chi connectivity index (χ0n) is 9.43. The van der Waals surface area contributed by atoms with Gasteiger partial charge in [0.25, 0.3) is 0 Å². The molecule has 2 nitrogen and oxygen atoms in total. The molecule has 1 saturated carbocycles. The Hall–Kier alpha value is 0.210. The highest BCUT2D eigenvalue weighted by atomic mass is 35.5. The number of hydrogen-bond donors (Lipinski definition) is 1. The van der Waals surface area contributed by atoms with Crippen LogP contribution < -0.4 is 5.32 Å². The van der Waals surface area contributed by atoms with Gasteiger partial charge in [-0.15, -0.1) is 11.6 Å². The molecule has 0 amide bonds. The summed E-state index contributed by atoms with van der Waals surface area (Å²) in [6.45, 7) is 10.2. The molecule has 0 saturated heterocycles. The average Bonchev–Trinajstić information content (AvgIpc) is 2.15. The molecule has 1 aliphatic rings. The number of alkyl halides is 1. The highest BCUT2D eigenvalue weighted by molar-refractivity contribution is 6.21. The second-order valence-corrected chi connectivity index (χ2v) is 4.78. The topological polar surface area (TPSA) is 15.3 Å². The molecule has 0 atom stereocenters. The van der Waals surface area contributed by atoms with Crippen LogP contribution in [0.3, 0.4) is 0 Å². The number of nitrogens with zero attached hydrogens (tertiary/aromatic N) is 1. The van der Waals surface area contributed by atoms with E-state index in [1.165, 1.54) is 19.4 Å². The van der Waals surface area contributed by atoms with Gasteiger partial charge in [0.05, 0.1) is 0 Å². The van der Waals surface area contributed by atoms with Gasteiger partial charge in [-0.2, -0.15) is 0 Å². The summed E-state index contributed by atoms with van der Waals surface area (Å²) < 4.78 is 0. The molecule has 0 aromatic carbocycles. The Labute approximate surface area is 93.0 Å². The number of nitrogens with one attached hydrogen (secondary N) is 1. The molecule has 0 unspecified atom stereocenters. The van der Waals surface area contributed by atoms with Crippen molar-refractivity contribution in [1.82, 2.24) is 10.2 Å². The van der Waals surface area contributed by atoms with E-state index >= 15 is 0 Å². The standard InChI is InChI=1S/C11H23ClN2/c1-3-14(4-2)6-5-13-9-10-7-11(12)8-10/h10-11,13H,3-9H2,1-2H3. The van der Waals surface area contributed by atoms with Crippen molar-refractivity contribution in [1.29, 1.82) is 0 Å². The molecule has 1 rings (SSSR count). The van der Waals surface area contributed by atoms with Gasteiger partial charge >= 0.3 is 0 Å². The Kier molecular flexibility index (Phi) is 5.83. The molecule has 0 bridgehead atoms. The van der Waals surface area contributed by atoms with E-state index in [0.29, 0.717) is 5.38 Å². The smallest absolute Gasteiger partial charge is 0.0342 e. The Bertz CT molecular complexity index is 142. The summed E-state index contributed by atoms with van der Waals surface area (Å²) in [5.41, 5.74) is 0. The molecule has 84 valence electrons. The van der Waals surface area contributed by atoms with Crippen molar-refractivity contribution in [3.8, 4) is 0 Å².